The van der Waals surface area contributed by atoms with Crippen LogP contribution in [0.1, 0.15) is 11.1 Å². The zero-order valence-electron chi connectivity index (χ0n) is 11.9. The Kier molecular flexibility index (Phi) is 5.39. The van der Waals surface area contributed by atoms with E-state index < -0.39 is 11.6 Å². The highest BCUT2D eigenvalue weighted by atomic mass is 19.2. The number of nitrogens with one attached hydrogen (secondary N) is 1. The molecule has 1 nitrogen and oxygen atoms in total. The summed E-state index contributed by atoms with van der Waals surface area (Å²) < 4.78 is 39.1. The Morgan fingerprint density at radius 2 is 1.48 bits per heavy atom. The minimum atomic E-state index is -0.831. The summed E-state index contributed by atoms with van der Waals surface area (Å²) in [7, 11) is 1.85. The lowest BCUT2D eigenvalue weighted by atomic mass is 9.92. The number of hydrogen-bond donors (Lipinski definition) is 1. The first-order valence-corrected chi connectivity index (χ1v) is 6.91. The summed E-state index contributed by atoms with van der Waals surface area (Å²) >= 11 is 0. The molecule has 112 valence electrons. The van der Waals surface area contributed by atoms with Crippen LogP contribution in [0.4, 0.5) is 13.2 Å². The average molecular weight is 293 g/mol. The fraction of sp³-hybridized carbons (Fsp3) is 0.294. The Morgan fingerprint density at radius 3 is 2.10 bits per heavy atom. The van der Waals surface area contributed by atoms with Gasteiger partial charge in [-0.1, -0.05) is 18.2 Å². The van der Waals surface area contributed by atoms with Gasteiger partial charge in [0.2, 0.25) is 0 Å². The molecule has 0 bridgehead atoms. The van der Waals surface area contributed by atoms with Gasteiger partial charge in [-0.2, -0.15) is 0 Å². The van der Waals surface area contributed by atoms with Crippen LogP contribution in [0, 0.1) is 23.4 Å². The summed E-state index contributed by atoms with van der Waals surface area (Å²) in [6.07, 6.45) is 1.38. The normalized spacial score (nSPS) is 12.4. The van der Waals surface area contributed by atoms with E-state index in [9.17, 15) is 13.2 Å². The van der Waals surface area contributed by atoms with E-state index in [1.54, 1.807) is 18.2 Å². The third-order valence-corrected chi connectivity index (χ3v) is 3.44. The van der Waals surface area contributed by atoms with Crippen LogP contribution in [-0.4, -0.2) is 13.6 Å². The minimum Gasteiger partial charge on any atom is -0.319 e. The number of hydrogen-bond acceptors (Lipinski definition) is 1. The zero-order valence-corrected chi connectivity index (χ0v) is 11.9. The molecule has 0 aliphatic rings. The smallest absolute Gasteiger partial charge is 0.159 e. The quantitative estimate of drug-likeness (QED) is 0.856. The molecule has 2 rings (SSSR count). The van der Waals surface area contributed by atoms with E-state index in [0.717, 1.165) is 30.2 Å². The van der Waals surface area contributed by atoms with Crippen LogP contribution >= 0.6 is 0 Å². The van der Waals surface area contributed by atoms with Crippen molar-refractivity contribution >= 4 is 0 Å². The molecular weight excluding hydrogens is 275 g/mol. The van der Waals surface area contributed by atoms with Crippen LogP contribution in [-0.2, 0) is 12.8 Å². The highest BCUT2D eigenvalue weighted by molar-refractivity contribution is 5.20. The predicted octanol–water partition coefficient (Wildman–Crippen LogP) is 3.72. The van der Waals surface area contributed by atoms with Gasteiger partial charge >= 0.3 is 0 Å². The van der Waals surface area contributed by atoms with E-state index in [1.807, 2.05) is 7.05 Å². The first-order chi connectivity index (χ1) is 10.1. The fourth-order valence-electron chi connectivity index (χ4n) is 2.46. The van der Waals surface area contributed by atoms with Gasteiger partial charge in [-0.05, 0) is 67.7 Å². The predicted molar refractivity (Wildman–Crippen MR) is 77.6 cm³/mol. The van der Waals surface area contributed by atoms with Gasteiger partial charge in [0.1, 0.15) is 5.82 Å². The molecule has 1 unspecified atom stereocenters. The molecule has 2 aromatic rings. The van der Waals surface area contributed by atoms with Crippen molar-refractivity contribution < 1.29 is 13.2 Å². The zero-order chi connectivity index (χ0) is 15.2. The van der Waals surface area contributed by atoms with E-state index in [1.165, 1.54) is 18.2 Å². The van der Waals surface area contributed by atoms with Gasteiger partial charge in [-0.25, -0.2) is 13.2 Å². The van der Waals surface area contributed by atoms with Crippen LogP contribution in [0.25, 0.3) is 0 Å². The molecule has 1 N–H and O–H groups in total. The van der Waals surface area contributed by atoms with E-state index >= 15 is 0 Å². The molecule has 0 saturated heterocycles. The number of rotatable bonds is 6. The van der Waals surface area contributed by atoms with Crippen molar-refractivity contribution in [2.24, 2.45) is 5.92 Å². The summed E-state index contributed by atoms with van der Waals surface area (Å²) in [4.78, 5) is 0. The second kappa shape index (κ2) is 7.27. The van der Waals surface area contributed by atoms with E-state index in [0.29, 0.717) is 6.42 Å². The van der Waals surface area contributed by atoms with Crippen molar-refractivity contribution in [1.29, 1.82) is 0 Å². The number of halogens is 3. The van der Waals surface area contributed by atoms with Crippen molar-refractivity contribution in [1.82, 2.24) is 5.32 Å². The largest absolute Gasteiger partial charge is 0.319 e. The number of benzene rings is 2. The first-order valence-electron chi connectivity index (χ1n) is 6.91. The molecule has 2 aromatic carbocycles. The lowest BCUT2D eigenvalue weighted by molar-refractivity contribution is 0.483. The molecule has 0 aromatic heterocycles. The van der Waals surface area contributed by atoms with E-state index in [-0.39, 0.29) is 11.7 Å². The average Bonchev–Trinajstić information content (AvgIpc) is 2.46. The van der Waals surface area contributed by atoms with E-state index in [4.69, 9.17) is 0 Å². The monoisotopic (exact) mass is 293 g/mol. The second-order valence-electron chi connectivity index (χ2n) is 5.21. The Balaban J connectivity index is 2.07. The lowest BCUT2D eigenvalue weighted by Gasteiger charge is -2.17. The van der Waals surface area contributed by atoms with Crippen molar-refractivity contribution in [2.75, 3.05) is 13.6 Å². The summed E-state index contributed by atoms with van der Waals surface area (Å²) in [6, 6.07) is 10.4. The van der Waals surface area contributed by atoms with Gasteiger partial charge < -0.3 is 5.32 Å². The topological polar surface area (TPSA) is 12.0 Å². The Morgan fingerprint density at radius 1 is 0.857 bits per heavy atom. The van der Waals surface area contributed by atoms with Crippen molar-refractivity contribution in [3.05, 3.63) is 71.0 Å². The molecule has 0 saturated carbocycles. The summed E-state index contributed by atoms with van der Waals surface area (Å²) in [5.41, 5.74) is 1.79. The summed E-state index contributed by atoms with van der Waals surface area (Å²) in [5, 5.41) is 3.10. The lowest BCUT2D eigenvalue weighted by Crippen LogP contribution is -2.22. The minimum absolute atomic E-state index is 0.227. The first kappa shape index (κ1) is 15.6. The maximum atomic E-state index is 13.3. The molecule has 21 heavy (non-hydrogen) atoms. The molecular formula is C17H18F3N. The van der Waals surface area contributed by atoms with Crippen LogP contribution in [0.5, 0.6) is 0 Å². The van der Waals surface area contributed by atoms with Crippen LogP contribution in [0.3, 0.4) is 0 Å². The fourth-order valence-corrected chi connectivity index (χ4v) is 2.46. The van der Waals surface area contributed by atoms with E-state index in [2.05, 4.69) is 5.32 Å². The van der Waals surface area contributed by atoms with Gasteiger partial charge in [0.15, 0.2) is 11.6 Å². The highest BCUT2D eigenvalue weighted by Gasteiger charge is 2.12. The van der Waals surface area contributed by atoms with Gasteiger partial charge in [-0.3, -0.25) is 0 Å². The van der Waals surface area contributed by atoms with Crippen LogP contribution in [0.2, 0.25) is 0 Å². The Hall–Kier alpha value is -1.81. The summed E-state index contributed by atoms with van der Waals surface area (Å²) in [5.74, 6) is -1.69. The maximum Gasteiger partial charge on any atom is 0.159 e. The van der Waals surface area contributed by atoms with Crippen molar-refractivity contribution in [2.45, 2.75) is 12.8 Å². The standard InChI is InChI=1S/C17H18F3N/c1-21-11-14(8-12-2-5-15(18)6-3-12)9-13-4-7-16(19)17(20)10-13/h2-7,10,14,21H,8-9,11H2,1H3. The molecule has 0 heterocycles. The third kappa shape index (κ3) is 4.60. The molecule has 0 aliphatic heterocycles. The molecule has 4 heteroatoms. The van der Waals surface area contributed by atoms with Crippen molar-refractivity contribution in [3.63, 3.8) is 0 Å². The highest BCUT2D eigenvalue weighted by Crippen LogP contribution is 2.17. The van der Waals surface area contributed by atoms with Gasteiger partial charge in [0.25, 0.3) is 0 Å². The van der Waals surface area contributed by atoms with Crippen LogP contribution in [0.15, 0.2) is 42.5 Å². The third-order valence-electron chi connectivity index (χ3n) is 3.44. The van der Waals surface area contributed by atoms with Crippen molar-refractivity contribution in [3.8, 4) is 0 Å². The molecule has 0 fully saturated rings. The molecule has 0 aliphatic carbocycles. The second-order valence-corrected chi connectivity index (χ2v) is 5.21. The molecule has 0 spiro atoms. The van der Waals surface area contributed by atoms with Crippen LogP contribution < -0.4 is 5.32 Å². The maximum absolute atomic E-state index is 13.3. The Bertz CT molecular complexity index is 581. The molecule has 0 amide bonds. The van der Waals surface area contributed by atoms with Gasteiger partial charge in [-0.15, -0.1) is 0 Å². The molecule has 0 radical (unpaired) electrons. The van der Waals surface area contributed by atoms with Gasteiger partial charge in [0.05, 0.1) is 0 Å². The molecule has 1 atom stereocenters. The SMILES string of the molecule is CNCC(Cc1ccc(F)cc1)Cc1ccc(F)c(F)c1. The Labute approximate surface area is 122 Å². The summed E-state index contributed by atoms with van der Waals surface area (Å²) in [6.45, 7) is 0.746. The van der Waals surface area contributed by atoms with Gasteiger partial charge in [0, 0.05) is 0 Å².